The number of nitrogens with one attached hydrogen (secondary N) is 16. The van der Waals surface area contributed by atoms with Crippen molar-refractivity contribution in [2.75, 3.05) is 196 Å². The van der Waals surface area contributed by atoms with Gasteiger partial charge < -0.3 is 94.7 Å². The molecular weight excluding hydrogens is 1240 g/mol. The Kier molecular flexibility index (Phi) is 194. The highest BCUT2D eigenvalue weighted by Crippen LogP contribution is 2.06. The average Bonchev–Trinajstić information content (AvgIpc) is 3.44. The summed E-state index contributed by atoms with van der Waals surface area (Å²) in [7, 11) is 27.9. The molecule has 0 aliphatic heterocycles. The molecule has 0 aromatic rings. The van der Waals surface area contributed by atoms with Gasteiger partial charge in [0.2, 0.25) is 41.4 Å². The normalized spacial score (nSPS) is 9.78. The highest BCUT2D eigenvalue weighted by Gasteiger charge is 2.20. The van der Waals surface area contributed by atoms with Crippen molar-refractivity contribution in [2.24, 2.45) is 41.4 Å². The number of hydrogen-bond donors (Lipinski definition) is 16. The largest absolute Gasteiger partial charge is 0.359 e. The van der Waals surface area contributed by atoms with Crippen LogP contribution in [0.25, 0.3) is 0 Å². The van der Waals surface area contributed by atoms with Crippen molar-refractivity contribution < 1.29 is 47.9 Å². The molecule has 0 aromatic carbocycles. The third-order valence-corrected chi connectivity index (χ3v) is 11.8. The predicted octanol–water partition coefficient (Wildman–Crippen LogP) is 5.03. The van der Waals surface area contributed by atoms with Crippen LogP contribution in [0.2, 0.25) is 0 Å². The number of rotatable bonds is 33. The summed E-state index contributed by atoms with van der Waals surface area (Å²) in [6, 6.07) is 0. The molecule has 0 fully saturated rings. The summed E-state index contributed by atoms with van der Waals surface area (Å²) >= 11 is 3.39. The van der Waals surface area contributed by atoms with Crippen LogP contribution in [0, 0.1) is 41.4 Å². The van der Waals surface area contributed by atoms with Gasteiger partial charge >= 0.3 is 0 Å². The molecule has 26 nitrogen and oxygen atoms in total. The van der Waals surface area contributed by atoms with E-state index in [1.807, 2.05) is 68.8 Å². The van der Waals surface area contributed by atoms with Crippen molar-refractivity contribution in [1.82, 2.24) is 85.1 Å². The first kappa shape index (κ1) is 154. The van der Waals surface area contributed by atoms with Gasteiger partial charge in [0.25, 0.3) is 0 Å². The van der Waals surface area contributed by atoms with Crippen LogP contribution in [0.4, 0.5) is 0 Å². The Morgan fingerprint density at radius 2 is 0.447 bits per heavy atom. The Hall–Kier alpha value is -4.58. The zero-order valence-corrected chi connectivity index (χ0v) is 54.5. The molecule has 0 saturated heterocycles. The molecule has 0 aromatic heterocycles. The lowest BCUT2D eigenvalue weighted by atomic mass is 10.0. The topological polar surface area (TPSA) is 363 Å². The van der Waals surface area contributed by atoms with Gasteiger partial charge in [-0.3, -0.25) is 33.6 Å². The second-order valence-corrected chi connectivity index (χ2v) is 19.1. The summed E-state index contributed by atoms with van der Waals surface area (Å²) < 4.78 is 0. The third-order valence-electron chi connectivity index (χ3n) is 10.3. The van der Waals surface area contributed by atoms with Crippen LogP contribution < -0.4 is 85.1 Å². The lowest BCUT2D eigenvalue weighted by molar-refractivity contribution is -0.128. The van der Waals surface area contributed by atoms with E-state index < -0.39 is 0 Å². The molecule has 5 unspecified atom stereocenters. The van der Waals surface area contributed by atoms with Crippen LogP contribution >= 0.6 is 23.5 Å². The van der Waals surface area contributed by atoms with Gasteiger partial charge in [-0.25, -0.2) is 4.79 Å². The molecule has 7 amide bonds. The molecule has 0 aliphatic carbocycles. The molecule has 94 heavy (non-hydrogen) atoms. The maximum absolute atomic E-state index is 11.1. The molecule has 5 atom stereocenters. The Bertz CT molecular complexity index is 1420. The van der Waals surface area contributed by atoms with Crippen LogP contribution in [-0.4, -0.2) is 255 Å². The van der Waals surface area contributed by atoms with Crippen molar-refractivity contribution >= 4 is 82.4 Å². The highest BCUT2D eigenvalue weighted by molar-refractivity contribution is 7.98. The van der Waals surface area contributed by atoms with Crippen molar-refractivity contribution in [3.8, 4) is 0 Å². The van der Waals surface area contributed by atoms with E-state index >= 15 is 0 Å². The van der Waals surface area contributed by atoms with Gasteiger partial charge in [0.1, 0.15) is 17.5 Å². The van der Waals surface area contributed by atoms with Gasteiger partial charge in [0.15, 0.2) is 0 Å². The molecule has 0 aliphatic rings. The number of Topliss-reactive ketones (excluding diaryl/α,β-unsaturated/α-hetero) is 2. The number of amides is 7. The number of hydrogen-bond acceptors (Lipinski definition) is 21. The van der Waals surface area contributed by atoms with Crippen LogP contribution in [-0.2, 0) is 47.9 Å². The molecule has 0 bridgehead atoms. The summed E-state index contributed by atoms with van der Waals surface area (Å²) in [5.41, 5.74) is 0. The number of carbonyl (C=O) groups excluding carboxylic acids is 10. The van der Waals surface area contributed by atoms with Gasteiger partial charge in [-0.15, -0.1) is 0 Å². The maximum atomic E-state index is 11.1. The average molecular weight is 1410 g/mol. The van der Waals surface area contributed by atoms with Gasteiger partial charge in [-0.2, -0.15) is 23.5 Å². The fourth-order valence-electron chi connectivity index (χ4n) is 6.42. The summed E-state index contributed by atoms with van der Waals surface area (Å²) in [5, 5.41) is 44.7. The van der Waals surface area contributed by atoms with E-state index in [4.69, 9.17) is 4.79 Å². The number of thioether (sulfide) groups is 2. The van der Waals surface area contributed by atoms with Gasteiger partial charge in [0, 0.05) is 139 Å². The Labute approximate surface area is 594 Å². The van der Waals surface area contributed by atoms with E-state index in [0.29, 0.717) is 52.1 Å². The number of ketones is 2. The van der Waals surface area contributed by atoms with Crippen molar-refractivity contribution in [2.45, 2.75) is 138 Å². The fourth-order valence-corrected chi connectivity index (χ4v) is 7.77. The molecule has 0 saturated carbocycles. The maximum Gasteiger partial charge on any atom is 0.225 e. The van der Waals surface area contributed by atoms with E-state index in [0.717, 1.165) is 31.1 Å². The second-order valence-electron chi connectivity index (χ2n) is 17.3. The Morgan fingerprint density at radius 1 is 0.298 bits per heavy atom. The Morgan fingerprint density at radius 3 is 0.596 bits per heavy atom. The minimum absolute atomic E-state index is 0. The minimum atomic E-state index is -0.238. The second kappa shape index (κ2) is 119. The van der Waals surface area contributed by atoms with E-state index in [-0.39, 0.29) is 198 Å². The molecule has 0 radical (unpaired) electrons. The molecule has 28 heteroatoms. The zero-order chi connectivity index (χ0) is 63.9. The molecular formula is C66H170N16O10S2. The van der Waals surface area contributed by atoms with Crippen LogP contribution in [0.1, 0.15) is 138 Å². The molecule has 0 spiro atoms. The summed E-state index contributed by atoms with van der Waals surface area (Å²) in [4.78, 5) is 108. The first-order valence-corrected chi connectivity index (χ1v) is 29.1. The van der Waals surface area contributed by atoms with Gasteiger partial charge in [0.05, 0.1) is 35.5 Å². The van der Waals surface area contributed by atoms with Gasteiger partial charge in [-0.1, -0.05) is 111 Å². The van der Waals surface area contributed by atoms with Crippen molar-refractivity contribution in [3.05, 3.63) is 6.58 Å². The molecule has 586 valence electrons. The Balaban J connectivity index is -0.0000000312. The first-order valence-electron chi connectivity index (χ1n) is 26.3. The van der Waals surface area contributed by atoms with E-state index in [1.165, 1.54) is 19.8 Å². The summed E-state index contributed by atoms with van der Waals surface area (Å²) in [5.74, 6) is 3.23. The predicted molar refractivity (Wildman–Crippen MR) is 427 cm³/mol. The quantitative estimate of drug-likeness (QED) is 0.0383. The van der Waals surface area contributed by atoms with Crippen LogP contribution in [0.5, 0.6) is 0 Å². The summed E-state index contributed by atoms with van der Waals surface area (Å²) in [6.45, 7) is 13.7. The summed E-state index contributed by atoms with van der Waals surface area (Å²) in [6.07, 6.45) is 4.62. The molecule has 16 N–H and O–H groups in total. The molecule has 0 rings (SSSR count). The fraction of sp³-hybridized carbons (Fsp3) is 0.833. The highest BCUT2D eigenvalue weighted by atomic mass is 32.2. The van der Waals surface area contributed by atoms with Crippen molar-refractivity contribution in [1.29, 1.82) is 0 Å². The van der Waals surface area contributed by atoms with E-state index in [1.54, 1.807) is 87.0 Å². The molecule has 0 heterocycles. The lowest BCUT2D eigenvalue weighted by Crippen LogP contribution is -2.39. The third kappa shape index (κ3) is 106. The van der Waals surface area contributed by atoms with Crippen molar-refractivity contribution in [3.63, 3.8) is 0 Å². The zero-order valence-electron chi connectivity index (χ0n) is 52.8. The monoisotopic (exact) mass is 1410 g/mol. The van der Waals surface area contributed by atoms with E-state index in [9.17, 15) is 43.2 Å². The standard InChI is InChI=1S/2C8H16N2O2.2C7H17N3O.2C7H16N2OS.C6H14N2O.C2H2O.14CH4/c2*1-6(11)4-7(5-9-2)8(12)10-3;2*1-8-4-6(5-9-2)7(11)10-3;2*1-8-4-6(5-11-3)7(10)9-2;1-5(4-7-2)6(9)8-3;1-2-3;;;;;;;;;;;;;;/h2*7,9H,4-5H2,1-3H3,(H,10,12);2*6,8-9H,4-5H2,1-3H3,(H,10,11);2*6,8H,4-5H2,1-3H3,(H,9,10);5,7H,4H2,1-3H3,(H,8,9);1H2;14*1H4. The minimum Gasteiger partial charge on any atom is -0.359 e. The van der Waals surface area contributed by atoms with Gasteiger partial charge in [-0.05, 0) is 96.4 Å². The lowest BCUT2D eigenvalue weighted by Gasteiger charge is -2.13. The SMILES string of the molecule is C.C.C.C.C.C.C.C.C.C.C.C.C.C.C=C=O.CNCC(C)C(=O)NC.CNCC(CC(C)=O)C(=O)NC.CNCC(CC(C)=O)C(=O)NC.CNCC(CNC)C(=O)NC.CNCC(CNC)C(=O)NC.CNCC(CSC)C(=O)NC.CNCC(CSC)C(=O)NC. The number of carbonyl (C=O) groups is 9. The smallest absolute Gasteiger partial charge is 0.225 e. The van der Waals surface area contributed by atoms with E-state index in [2.05, 4.69) is 91.6 Å². The van der Waals surface area contributed by atoms with Crippen LogP contribution in [0.15, 0.2) is 6.58 Å². The van der Waals surface area contributed by atoms with Crippen LogP contribution in [0.3, 0.4) is 0 Å². The first-order chi connectivity index (χ1) is 37.9.